The molecule has 0 fully saturated rings. The van der Waals surface area contributed by atoms with Gasteiger partial charge in [0.25, 0.3) is 0 Å². The largest absolute Gasteiger partial charge is 2.00 e. The van der Waals surface area contributed by atoms with Crippen LogP contribution in [0.25, 0.3) is 55.6 Å². The molecular formula is C40H28N4OPt. The van der Waals surface area contributed by atoms with E-state index >= 15 is 0 Å². The summed E-state index contributed by atoms with van der Waals surface area (Å²) in [6.07, 6.45) is 1.81. The summed E-state index contributed by atoms with van der Waals surface area (Å²) in [5.41, 5.74) is 9.44. The first kappa shape index (κ1) is 29.5. The average molecular weight is 776 g/mol. The summed E-state index contributed by atoms with van der Waals surface area (Å²) in [6.45, 7) is 4.15. The van der Waals surface area contributed by atoms with Crippen molar-refractivity contribution >= 4 is 21.8 Å². The molecule has 5 aromatic carbocycles. The third-order valence-corrected chi connectivity index (χ3v) is 8.21. The van der Waals surface area contributed by atoms with E-state index in [2.05, 4.69) is 108 Å². The van der Waals surface area contributed by atoms with Gasteiger partial charge in [0, 0.05) is 34.5 Å². The van der Waals surface area contributed by atoms with Gasteiger partial charge < -0.3 is 9.30 Å². The van der Waals surface area contributed by atoms with Crippen molar-refractivity contribution in [3.63, 3.8) is 0 Å². The van der Waals surface area contributed by atoms with Crippen molar-refractivity contribution in [1.29, 1.82) is 0 Å². The molecule has 5 nitrogen and oxygen atoms in total. The molecule has 8 rings (SSSR count). The van der Waals surface area contributed by atoms with Gasteiger partial charge in [0.1, 0.15) is 5.82 Å². The van der Waals surface area contributed by atoms with Crippen molar-refractivity contribution in [2.75, 3.05) is 0 Å². The number of hydrogen-bond donors (Lipinski definition) is 0. The monoisotopic (exact) mass is 775 g/mol. The van der Waals surface area contributed by atoms with Crippen LogP contribution in [0.4, 0.5) is 0 Å². The van der Waals surface area contributed by atoms with Crippen molar-refractivity contribution in [2.45, 2.75) is 13.8 Å². The molecule has 0 aliphatic rings. The molecule has 46 heavy (non-hydrogen) atoms. The Kier molecular flexibility index (Phi) is 7.86. The van der Waals surface area contributed by atoms with Gasteiger partial charge in [-0.15, -0.1) is 35.7 Å². The fourth-order valence-corrected chi connectivity index (χ4v) is 6.15. The molecular weight excluding hydrogens is 748 g/mol. The first-order chi connectivity index (χ1) is 22.1. The minimum Gasteiger partial charge on any atom is -0.509 e. The third-order valence-electron chi connectivity index (χ3n) is 8.21. The Morgan fingerprint density at radius 2 is 1.33 bits per heavy atom. The summed E-state index contributed by atoms with van der Waals surface area (Å²) in [5.74, 6) is 2.02. The van der Waals surface area contributed by atoms with Gasteiger partial charge in [0.05, 0.1) is 5.69 Å². The molecule has 0 atom stereocenters. The number of aromatic nitrogens is 4. The third kappa shape index (κ3) is 5.23. The first-order valence-corrected chi connectivity index (χ1v) is 14.9. The maximum Gasteiger partial charge on any atom is 2.00 e. The van der Waals surface area contributed by atoms with Crippen molar-refractivity contribution in [2.24, 2.45) is 0 Å². The van der Waals surface area contributed by atoms with Gasteiger partial charge in [-0.05, 0) is 59.8 Å². The van der Waals surface area contributed by atoms with E-state index in [4.69, 9.17) is 9.84 Å². The predicted molar refractivity (Wildman–Crippen MR) is 180 cm³/mol. The first-order valence-electron chi connectivity index (χ1n) is 14.9. The molecule has 8 aromatic rings. The number of ether oxygens (including phenoxy) is 1. The number of rotatable bonds is 6. The molecule has 0 aliphatic carbocycles. The van der Waals surface area contributed by atoms with Gasteiger partial charge in [0.2, 0.25) is 0 Å². The van der Waals surface area contributed by atoms with E-state index < -0.39 is 0 Å². The smallest absolute Gasteiger partial charge is 0.509 e. The van der Waals surface area contributed by atoms with E-state index in [-0.39, 0.29) is 21.1 Å². The van der Waals surface area contributed by atoms with Crippen molar-refractivity contribution in [3.8, 4) is 45.3 Å². The van der Waals surface area contributed by atoms with Crippen LogP contribution in [0.1, 0.15) is 11.4 Å². The second-order valence-corrected chi connectivity index (χ2v) is 11.0. The van der Waals surface area contributed by atoms with E-state index in [1.165, 1.54) is 11.1 Å². The average Bonchev–Trinajstić information content (AvgIpc) is 3.58. The maximum absolute atomic E-state index is 6.37. The molecule has 6 heteroatoms. The van der Waals surface area contributed by atoms with Crippen LogP contribution in [0.2, 0.25) is 0 Å². The van der Waals surface area contributed by atoms with E-state index in [1.54, 1.807) is 6.20 Å². The number of pyridine rings is 1. The topological polar surface area (TPSA) is 44.9 Å². The summed E-state index contributed by atoms with van der Waals surface area (Å²) in [7, 11) is 0. The van der Waals surface area contributed by atoms with Crippen molar-refractivity contribution < 1.29 is 25.8 Å². The Morgan fingerprint density at radius 3 is 2.13 bits per heavy atom. The van der Waals surface area contributed by atoms with Gasteiger partial charge in [-0.3, -0.25) is 4.68 Å². The molecule has 0 saturated carbocycles. The summed E-state index contributed by atoms with van der Waals surface area (Å²) in [4.78, 5) is 4.62. The Hall–Kier alpha value is -5.25. The van der Waals surface area contributed by atoms with Crippen LogP contribution in [-0.4, -0.2) is 19.3 Å². The number of para-hydroxylation sites is 1. The predicted octanol–water partition coefficient (Wildman–Crippen LogP) is 9.71. The number of nitrogens with zero attached hydrogens (tertiary/aromatic N) is 4. The molecule has 0 unspecified atom stereocenters. The SMILES string of the molecule is Cc1nn(-c2[c-]c(Oc3[c-]c4c(cc3)c3ccccc3n4-c3ccccn3)ccc2)c(C)c1-c1ccc(-c2ccccc2)cc1.[Pt+2]. The standard InChI is InChI=1S/C40H28N4O.Pt/c1-27-40(31-20-18-30(19-21-31)29-11-4-3-5-12-29)28(2)44(42-27)32-13-10-14-33(25-32)45-34-22-23-36-35-15-6-7-16-37(35)43(38(36)26-34)39-17-8-9-24-41-39;/h3-24H,1-2H3;/q-2;+2. The number of fused-ring (bicyclic) bond motifs is 3. The fourth-order valence-electron chi connectivity index (χ4n) is 6.15. The quantitative estimate of drug-likeness (QED) is 0.158. The molecule has 0 saturated heterocycles. The molecule has 0 bridgehead atoms. The van der Waals surface area contributed by atoms with Crippen LogP contribution in [0.3, 0.4) is 0 Å². The Morgan fingerprint density at radius 1 is 0.609 bits per heavy atom. The zero-order chi connectivity index (χ0) is 30.3. The second kappa shape index (κ2) is 12.3. The minimum atomic E-state index is 0. The zero-order valence-electron chi connectivity index (χ0n) is 25.2. The second-order valence-electron chi connectivity index (χ2n) is 11.0. The van der Waals surface area contributed by atoms with E-state index in [0.717, 1.165) is 55.8 Å². The van der Waals surface area contributed by atoms with Crippen LogP contribution < -0.4 is 4.74 Å². The fraction of sp³-hybridized carbons (Fsp3) is 0.0500. The van der Waals surface area contributed by atoms with Gasteiger partial charge >= 0.3 is 21.1 Å². The summed E-state index contributed by atoms with van der Waals surface area (Å²) < 4.78 is 10.4. The molecule has 0 N–H and O–H groups in total. The molecule has 0 radical (unpaired) electrons. The minimum absolute atomic E-state index is 0. The van der Waals surface area contributed by atoms with Gasteiger partial charge in [-0.1, -0.05) is 84.4 Å². The van der Waals surface area contributed by atoms with Crippen molar-refractivity contribution in [1.82, 2.24) is 19.3 Å². The van der Waals surface area contributed by atoms with Crippen LogP contribution >= 0.6 is 0 Å². The zero-order valence-corrected chi connectivity index (χ0v) is 27.5. The van der Waals surface area contributed by atoms with Crippen molar-refractivity contribution in [3.05, 3.63) is 157 Å². The molecule has 0 spiro atoms. The molecule has 0 amide bonds. The van der Waals surface area contributed by atoms with Gasteiger partial charge in [-0.2, -0.15) is 17.2 Å². The van der Waals surface area contributed by atoms with Crippen LogP contribution in [0.5, 0.6) is 11.5 Å². The number of hydrogen-bond acceptors (Lipinski definition) is 3. The van der Waals surface area contributed by atoms with Gasteiger partial charge in [0.15, 0.2) is 0 Å². The van der Waals surface area contributed by atoms with Crippen LogP contribution in [0.15, 0.2) is 134 Å². The molecule has 0 aliphatic heterocycles. The van der Waals surface area contributed by atoms with Crippen LogP contribution in [-0.2, 0) is 21.1 Å². The van der Waals surface area contributed by atoms with E-state index in [0.29, 0.717) is 11.5 Å². The maximum atomic E-state index is 6.37. The number of aryl methyl sites for hydroxylation is 1. The molecule has 3 heterocycles. The number of benzene rings is 5. The van der Waals surface area contributed by atoms with Crippen LogP contribution in [0, 0.1) is 26.0 Å². The van der Waals surface area contributed by atoms with Gasteiger partial charge in [-0.25, -0.2) is 4.98 Å². The summed E-state index contributed by atoms with van der Waals surface area (Å²) in [6, 6.07) is 50.2. The Labute approximate surface area is 282 Å². The Balaban J connectivity index is 0.00000338. The summed E-state index contributed by atoms with van der Waals surface area (Å²) >= 11 is 0. The molecule has 3 aromatic heterocycles. The van der Waals surface area contributed by atoms with E-state index in [9.17, 15) is 0 Å². The summed E-state index contributed by atoms with van der Waals surface area (Å²) in [5, 5.41) is 7.14. The molecule has 224 valence electrons. The normalized spacial score (nSPS) is 11.1. The Bertz CT molecular complexity index is 2310. The van der Waals surface area contributed by atoms with E-state index in [1.807, 2.05) is 59.3 Å².